The highest BCUT2D eigenvalue weighted by molar-refractivity contribution is 7.47. The highest BCUT2D eigenvalue weighted by atomic mass is 31.2. The molecular formula is C45H85NO8P+. The third kappa shape index (κ3) is 41.7. The normalized spacial score (nSPS) is 13.9. The number of likely N-dealkylation sites (N-methyl/N-ethyl adjacent to an activating group) is 1. The van der Waals surface area contributed by atoms with Crippen molar-refractivity contribution in [3.8, 4) is 0 Å². The van der Waals surface area contributed by atoms with E-state index in [-0.39, 0.29) is 32.0 Å². The van der Waals surface area contributed by atoms with Crippen LogP contribution in [0.4, 0.5) is 0 Å². The van der Waals surface area contributed by atoms with E-state index in [0.717, 1.165) is 70.6 Å². The van der Waals surface area contributed by atoms with Gasteiger partial charge in [0, 0.05) is 12.8 Å². The van der Waals surface area contributed by atoms with E-state index in [2.05, 4.69) is 50.3 Å². The second-order valence-corrected chi connectivity index (χ2v) is 17.5. The van der Waals surface area contributed by atoms with Gasteiger partial charge in [-0.05, 0) is 44.9 Å². The first-order valence-corrected chi connectivity index (χ1v) is 23.7. The van der Waals surface area contributed by atoms with E-state index in [9.17, 15) is 19.0 Å². The fourth-order valence-corrected chi connectivity index (χ4v) is 6.65. The molecule has 0 heterocycles. The fourth-order valence-electron chi connectivity index (χ4n) is 5.91. The molecule has 0 spiro atoms. The predicted octanol–water partition coefficient (Wildman–Crippen LogP) is 12.5. The number of quaternary nitrogens is 1. The average molecular weight is 799 g/mol. The Kier molecular flexibility index (Phi) is 36.6. The predicted molar refractivity (Wildman–Crippen MR) is 229 cm³/mol. The van der Waals surface area contributed by atoms with Crippen molar-refractivity contribution in [1.82, 2.24) is 0 Å². The number of phosphoric ester groups is 1. The minimum Gasteiger partial charge on any atom is -0.462 e. The summed E-state index contributed by atoms with van der Waals surface area (Å²) in [5.41, 5.74) is 0. The van der Waals surface area contributed by atoms with Gasteiger partial charge in [0.15, 0.2) is 6.10 Å². The number of esters is 2. The van der Waals surface area contributed by atoms with Crippen molar-refractivity contribution in [1.29, 1.82) is 0 Å². The van der Waals surface area contributed by atoms with Crippen LogP contribution in [0.2, 0.25) is 0 Å². The highest BCUT2D eigenvalue weighted by Crippen LogP contribution is 2.43. The Morgan fingerprint density at radius 3 is 1.53 bits per heavy atom. The minimum absolute atomic E-state index is 0.0286. The molecule has 0 aliphatic heterocycles. The number of phosphoric acid groups is 1. The van der Waals surface area contributed by atoms with E-state index in [0.29, 0.717) is 17.4 Å². The molecule has 0 aliphatic rings. The Labute approximate surface area is 338 Å². The second kappa shape index (κ2) is 37.8. The molecule has 2 unspecified atom stereocenters. The van der Waals surface area contributed by atoms with E-state index < -0.39 is 26.5 Å². The van der Waals surface area contributed by atoms with Gasteiger partial charge in [0.25, 0.3) is 0 Å². The first-order chi connectivity index (χ1) is 26.5. The number of hydrogen-bond acceptors (Lipinski definition) is 7. The number of nitrogens with zero attached hydrogens (tertiary/aromatic N) is 1. The standard InChI is InChI=1S/C45H84NO8P/c1-6-8-10-12-14-16-18-20-22-24-26-28-30-32-34-36-38-45(48)54-43(42-53-55(49,50)52-40-39-46(3,4)5)41-51-44(47)37-35-33-31-29-27-25-23-21-19-17-15-13-11-9-7-2/h10,12,16,18,22,24,43H,6-9,11,13-15,17,19-21,23,25-42H2,1-5H3/p+1/b12-10-,18-16-,24-22-. The van der Waals surface area contributed by atoms with Crippen LogP contribution in [0.3, 0.4) is 0 Å². The van der Waals surface area contributed by atoms with Gasteiger partial charge in [-0.25, -0.2) is 4.57 Å². The number of carbonyl (C=O) groups excluding carboxylic acids is 2. The van der Waals surface area contributed by atoms with Gasteiger partial charge in [0.05, 0.1) is 27.7 Å². The number of rotatable bonds is 40. The zero-order valence-corrected chi connectivity index (χ0v) is 37.1. The first kappa shape index (κ1) is 53.2. The van der Waals surface area contributed by atoms with Crippen LogP contribution < -0.4 is 0 Å². The molecule has 0 saturated heterocycles. The lowest BCUT2D eigenvalue weighted by Crippen LogP contribution is -2.37. The lowest BCUT2D eigenvalue weighted by molar-refractivity contribution is -0.870. The summed E-state index contributed by atoms with van der Waals surface area (Å²) in [5.74, 6) is -0.814. The van der Waals surface area contributed by atoms with Crippen LogP contribution in [0.15, 0.2) is 36.5 Å². The summed E-state index contributed by atoms with van der Waals surface area (Å²) in [4.78, 5) is 35.4. The minimum atomic E-state index is -4.38. The zero-order chi connectivity index (χ0) is 40.7. The van der Waals surface area contributed by atoms with Gasteiger partial charge in [0.1, 0.15) is 19.8 Å². The summed E-state index contributed by atoms with van der Waals surface area (Å²) in [6, 6.07) is 0. The van der Waals surface area contributed by atoms with Crippen molar-refractivity contribution in [2.75, 3.05) is 47.5 Å². The van der Waals surface area contributed by atoms with Gasteiger partial charge < -0.3 is 18.9 Å². The van der Waals surface area contributed by atoms with Crippen molar-refractivity contribution < 1.29 is 42.1 Å². The first-order valence-electron chi connectivity index (χ1n) is 22.2. The number of hydrogen-bond donors (Lipinski definition) is 1. The van der Waals surface area contributed by atoms with Crippen molar-refractivity contribution in [2.24, 2.45) is 0 Å². The van der Waals surface area contributed by atoms with E-state index in [1.165, 1.54) is 83.5 Å². The molecule has 0 fully saturated rings. The summed E-state index contributed by atoms with van der Waals surface area (Å²) in [6.07, 6.45) is 41.8. The maximum absolute atomic E-state index is 12.7. The molecule has 10 heteroatoms. The van der Waals surface area contributed by atoms with Gasteiger partial charge in [-0.15, -0.1) is 0 Å². The van der Waals surface area contributed by atoms with E-state index in [4.69, 9.17) is 18.5 Å². The number of ether oxygens (including phenoxy) is 2. The summed E-state index contributed by atoms with van der Waals surface area (Å²) in [7, 11) is 1.47. The molecule has 0 saturated carbocycles. The number of unbranched alkanes of at least 4 members (excludes halogenated alkanes) is 20. The molecule has 1 N–H and O–H groups in total. The third-order valence-corrected chi connectivity index (χ3v) is 10.4. The Morgan fingerprint density at radius 2 is 1.02 bits per heavy atom. The molecule has 0 aliphatic carbocycles. The lowest BCUT2D eigenvalue weighted by atomic mass is 10.0. The monoisotopic (exact) mass is 799 g/mol. The number of carbonyl (C=O) groups is 2. The third-order valence-electron chi connectivity index (χ3n) is 9.40. The van der Waals surface area contributed by atoms with Gasteiger partial charge in [-0.3, -0.25) is 18.6 Å². The van der Waals surface area contributed by atoms with Gasteiger partial charge >= 0.3 is 19.8 Å². The topological polar surface area (TPSA) is 108 Å². The van der Waals surface area contributed by atoms with Crippen LogP contribution in [0.5, 0.6) is 0 Å². The fraction of sp³-hybridized carbons (Fsp3) is 0.822. The van der Waals surface area contributed by atoms with Crippen LogP contribution in [-0.2, 0) is 32.7 Å². The number of allylic oxidation sites excluding steroid dienone is 6. The molecule has 55 heavy (non-hydrogen) atoms. The van der Waals surface area contributed by atoms with Crippen LogP contribution in [0.25, 0.3) is 0 Å². The SMILES string of the molecule is CCC/C=C\C/C=C\C/C=C\CCCCCCCC(=O)OC(COC(=O)CCCCCCCCCCCCCCCCC)COP(=O)(O)OCC[N+](C)(C)C. The molecule has 0 aromatic carbocycles. The zero-order valence-electron chi connectivity index (χ0n) is 36.2. The molecule has 322 valence electrons. The van der Waals surface area contributed by atoms with Crippen molar-refractivity contribution in [3.63, 3.8) is 0 Å². The summed E-state index contributed by atoms with van der Waals surface area (Å²) < 4.78 is 34.3. The van der Waals surface area contributed by atoms with Crippen LogP contribution in [0, 0.1) is 0 Å². The maximum Gasteiger partial charge on any atom is 0.472 e. The van der Waals surface area contributed by atoms with Crippen molar-refractivity contribution >= 4 is 19.8 Å². The molecule has 0 radical (unpaired) electrons. The Balaban J connectivity index is 4.37. The van der Waals surface area contributed by atoms with Gasteiger partial charge in [-0.2, -0.15) is 0 Å². The average Bonchev–Trinajstić information content (AvgIpc) is 3.13. The molecule has 2 atom stereocenters. The molecule has 0 bridgehead atoms. The highest BCUT2D eigenvalue weighted by Gasteiger charge is 2.27. The summed E-state index contributed by atoms with van der Waals surface area (Å²) >= 11 is 0. The smallest absolute Gasteiger partial charge is 0.462 e. The second-order valence-electron chi connectivity index (χ2n) is 16.1. The van der Waals surface area contributed by atoms with Gasteiger partial charge in [-0.1, -0.05) is 166 Å². The van der Waals surface area contributed by atoms with Crippen molar-refractivity contribution in [2.45, 2.75) is 193 Å². The molecular weight excluding hydrogens is 713 g/mol. The quantitative estimate of drug-likeness (QED) is 0.0215. The Morgan fingerprint density at radius 1 is 0.564 bits per heavy atom. The molecule has 0 aromatic rings. The van der Waals surface area contributed by atoms with E-state index >= 15 is 0 Å². The summed E-state index contributed by atoms with van der Waals surface area (Å²) in [6.45, 7) is 4.34. The molecule has 0 amide bonds. The Bertz CT molecular complexity index is 1040. The Hall–Kier alpha value is -1.77. The van der Waals surface area contributed by atoms with Crippen molar-refractivity contribution in [3.05, 3.63) is 36.5 Å². The van der Waals surface area contributed by atoms with Crippen LogP contribution in [-0.4, -0.2) is 74.9 Å². The van der Waals surface area contributed by atoms with Crippen LogP contribution in [0.1, 0.15) is 187 Å². The molecule has 9 nitrogen and oxygen atoms in total. The largest absolute Gasteiger partial charge is 0.472 e. The van der Waals surface area contributed by atoms with E-state index in [1.807, 2.05) is 21.1 Å². The van der Waals surface area contributed by atoms with Gasteiger partial charge in [0.2, 0.25) is 0 Å². The lowest BCUT2D eigenvalue weighted by Gasteiger charge is -2.24. The molecule has 0 aromatic heterocycles. The summed E-state index contributed by atoms with van der Waals surface area (Å²) in [5, 5.41) is 0. The maximum atomic E-state index is 12.7. The van der Waals surface area contributed by atoms with Crippen LogP contribution >= 0.6 is 7.82 Å². The van der Waals surface area contributed by atoms with E-state index in [1.54, 1.807) is 0 Å². The molecule has 0 rings (SSSR count).